The quantitative estimate of drug-likeness (QED) is 0.623. The zero-order valence-corrected chi connectivity index (χ0v) is 16.5. The molecule has 0 aromatic heterocycles. The van der Waals surface area contributed by atoms with E-state index in [-0.39, 0.29) is 22.9 Å². The summed E-state index contributed by atoms with van der Waals surface area (Å²) in [6.07, 6.45) is 3.71. The van der Waals surface area contributed by atoms with Gasteiger partial charge in [-0.25, -0.2) is 0 Å². The van der Waals surface area contributed by atoms with Gasteiger partial charge in [-0.3, -0.25) is 4.79 Å². The van der Waals surface area contributed by atoms with Crippen molar-refractivity contribution in [1.82, 2.24) is 0 Å². The molecule has 2 aliphatic rings. The fraction of sp³-hybridized carbons (Fsp3) is 0.682. The first-order chi connectivity index (χ1) is 11.6. The minimum atomic E-state index is -0.265. The van der Waals surface area contributed by atoms with Gasteiger partial charge in [0.1, 0.15) is 5.75 Å². The van der Waals surface area contributed by atoms with E-state index in [1.807, 2.05) is 0 Å². The molecule has 0 spiro atoms. The molecule has 1 N–H and O–H groups in total. The zero-order chi connectivity index (χ0) is 18.6. The average molecular weight is 344 g/mol. The molecule has 0 unspecified atom stereocenters. The van der Waals surface area contributed by atoms with Crippen molar-refractivity contribution in [2.24, 2.45) is 11.3 Å². The Balaban J connectivity index is 2.14. The monoisotopic (exact) mass is 344 g/mol. The van der Waals surface area contributed by atoms with Gasteiger partial charge < -0.3 is 9.84 Å². The smallest absolute Gasteiger partial charge is 0.308 e. The molecule has 3 nitrogen and oxygen atoms in total. The van der Waals surface area contributed by atoms with Crippen molar-refractivity contribution in [3.63, 3.8) is 0 Å². The van der Waals surface area contributed by atoms with Crippen molar-refractivity contribution in [2.75, 3.05) is 0 Å². The highest BCUT2D eigenvalue weighted by molar-refractivity contribution is 5.70. The lowest BCUT2D eigenvalue weighted by atomic mass is 9.49. The van der Waals surface area contributed by atoms with Gasteiger partial charge in [0.05, 0.1) is 6.10 Å². The summed E-state index contributed by atoms with van der Waals surface area (Å²) in [6.45, 7) is 12.5. The van der Waals surface area contributed by atoms with Crippen LogP contribution in [0.25, 0.3) is 0 Å². The van der Waals surface area contributed by atoms with E-state index in [1.54, 1.807) is 0 Å². The lowest BCUT2D eigenvalue weighted by molar-refractivity contribution is -0.131. The lowest BCUT2D eigenvalue weighted by Crippen LogP contribution is -2.53. The summed E-state index contributed by atoms with van der Waals surface area (Å²) in [5.41, 5.74) is 3.77. The zero-order valence-electron chi connectivity index (χ0n) is 16.5. The van der Waals surface area contributed by atoms with Crippen molar-refractivity contribution >= 4 is 5.97 Å². The summed E-state index contributed by atoms with van der Waals surface area (Å²) < 4.78 is 5.58. The molecular formula is C22H32O3. The maximum atomic E-state index is 11.6. The third-order valence-electron chi connectivity index (χ3n) is 6.89. The predicted octanol–water partition coefficient (Wildman–Crippen LogP) is 4.74. The molecule has 0 amide bonds. The Morgan fingerprint density at radius 2 is 1.92 bits per heavy atom. The van der Waals surface area contributed by atoms with Crippen molar-refractivity contribution < 1.29 is 14.6 Å². The van der Waals surface area contributed by atoms with Gasteiger partial charge >= 0.3 is 5.97 Å². The van der Waals surface area contributed by atoms with Crippen LogP contribution in [-0.4, -0.2) is 17.2 Å². The average Bonchev–Trinajstić information content (AvgIpc) is 2.50. The first-order valence-electron chi connectivity index (χ1n) is 9.61. The van der Waals surface area contributed by atoms with E-state index < -0.39 is 0 Å². The number of aryl methyl sites for hydroxylation is 1. The number of carbonyl (C=O) groups excluding carboxylic acids is 1. The van der Waals surface area contributed by atoms with Gasteiger partial charge in [-0.2, -0.15) is 0 Å². The standard InChI is InChI=1S/C22H32O3/c1-13(2)16-11-15-7-8-19-21(4,5)20(24)9-10-22(19,6)17(15)12-18(16)25-14(3)23/h11-13,19-20,24H,7-10H2,1-6H3/t19-,20-,22+/m0/s1. The fourth-order valence-electron chi connectivity index (χ4n) is 5.43. The van der Waals surface area contributed by atoms with Crippen molar-refractivity contribution in [3.05, 3.63) is 28.8 Å². The van der Waals surface area contributed by atoms with E-state index in [2.05, 4.69) is 46.8 Å². The molecule has 2 aliphatic carbocycles. The van der Waals surface area contributed by atoms with Gasteiger partial charge in [0.25, 0.3) is 0 Å². The van der Waals surface area contributed by atoms with Crippen LogP contribution >= 0.6 is 0 Å². The Bertz CT molecular complexity index is 689. The van der Waals surface area contributed by atoms with Gasteiger partial charge in [-0.1, -0.05) is 40.7 Å². The number of aliphatic hydroxyl groups excluding tert-OH is 1. The summed E-state index contributed by atoms with van der Waals surface area (Å²) >= 11 is 0. The second-order valence-corrected chi connectivity index (χ2v) is 9.18. The Morgan fingerprint density at radius 1 is 1.24 bits per heavy atom. The van der Waals surface area contributed by atoms with Crippen LogP contribution in [0.15, 0.2) is 12.1 Å². The third-order valence-corrected chi connectivity index (χ3v) is 6.89. The van der Waals surface area contributed by atoms with E-state index in [9.17, 15) is 9.90 Å². The SMILES string of the molecule is CC(=O)Oc1cc2c(cc1C(C)C)CC[C@H]1C(C)(C)[C@@H](O)CC[C@]21C. The van der Waals surface area contributed by atoms with E-state index in [0.29, 0.717) is 17.6 Å². The minimum Gasteiger partial charge on any atom is -0.426 e. The molecule has 0 radical (unpaired) electrons. The summed E-state index contributed by atoms with van der Waals surface area (Å²) in [7, 11) is 0. The van der Waals surface area contributed by atoms with Crippen LogP contribution in [0.5, 0.6) is 5.75 Å². The van der Waals surface area contributed by atoms with Crippen LogP contribution in [0.1, 0.15) is 83.4 Å². The molecule has 1 aromatic carbocycles. The highest BCUT2D eigenvalue weighted by Crippen LogP contribution is 2.57. The molecule has 3 atom stereocenters. The highest BCUT2D eigenvalue weighted by atomic mass is 16.5. The molecule has 0 heterocycles. The number of hydrogen-bond acceptors (Lipinski definition) is 3. The minimum absolute atomic E-state index is 0.0285. The van der Waals surface area contributed by atoms with Gasteiger partial charge in [-0.05, 0) is 71.1 Å². The normalized spacial score (nSPS) is 30.6. The summed E-state index contributed by atoms with van der Waals surface area (Å²) in [5.74, 6) is 1.20. The number of carbonyl (C=O) groups is 1. The van der Waals surface area contributed by atoms with Crippen molar-refractivity contribution in [3.8, 4) is 5.75 Å². The molecule has 3 rings (SSSR count). The molecule has 0 aliphatic heterocycles. The second-order valence-electron chi connectivity index (χ2n) is 9.18. The van der Waals surface area contributed by atoms with E-state index in [4.69, 9.17) is 4.74 Å². The van der Waals surface area contributed by atoms with E-state index in [0.717, 1.165) is 31.2 Å². The Hall–Kier alpha value is -1.35. The number of benzene rings is 1. The first kappa shape index (κ1) is 18.4. The maximum absolute atomic E-state index is 11.6. The molecule has 1 saturated carbocycles. The van der Waals surface area contributed by atoms with Crippen LogP contribution < -0.4 is 4.74 Å². The molecule has 138 valence electrons. The number of esters is 1. The van der Waals surface area contributed by atoms with Crippen LogP contribution in [0.4, 0.5) is 0 Å². The molecule has 0 bridgehead atoms. The number of fused-ring (bicyclic) bond motifs is 3. The van der Waals surface area contributed by atoms with E-state index in [1.165, 1.54) is 18.1 Å². The fourth-order valence-corrected chi connectivity index (χ4v) is 5.43. The summed E-state index contributed by atoms with van der Waals surface area (Å²) in [6, 6.07) is 4.39. The van der Waals surface area contributed by atoms with Crippen molar-refractivity contribution in [1.29, 1.82) is 0 Å². The van der Waals surface area contributed by atoms with Crippen LogP contribution in [0, 0.1) is 11.3 Å². The second kappa shape index (κ2) is 6.12. The highest BCUT2D eigenvalue weighted by Gasteiger charge is 2.53. The van der Waals surface area contributed by atoms with Gasteiger partial charge in [0, 0.05) is 6.92 Å². The molecular weight excluding hydrogens is 312 g/mol. The van der Waals surface area contributed by atoms with Crippen LogP contribution in [0.2, 0.25) is 0 Å². The largest absolute Gasteiger partial charge is 0.426 e. The predicted molar refractivity (Wildman–Crippen MR) is 100 cm³/mol. The molecule has 3 heteroatoms. The Kier molecular flexibility index (Phi) is 4.51. The van der Waals surface area contributed by atoms with Crippen LogP contribution in [-0.2, 0) is 16.6 Å². The molecule has 25 heavy (non-hydrogen) atoms. The lowest BCUT2D eigenvalue weighted by Gasteiger charge is -2.56. The summed E-state index contributed by atoms with van der Waals surface area (Å²) in [5, 5.41) is 10.6. The number of hydrogen-bond donors (Lipinski definition) is 1. The molecule has 1 aromatic rings. The molecule has 1 fully saturated rings. The number of ether oxygens (including phenoxy) is 1. The van der Waals surface area contributed by atoms with Gasteiger partial charge in [0.15, 0.2) is 0 Å². The Morgan fingerprint density at radius 3 is 2.52 bits per heavy atom. The molecule has 0 saturated heterocycles. The number of aliphatic hydroxyl groups is 1. The first-order valence-corrected chi connectivity index (χ1v) is 9.61. The summed E-state index contributed by atoms with van der Waals surface area (Å²) in [4.78, 5) is 11.6. The Labute approximate surface area is 151 Å². The van der Waals surface area contributed by atoms with Gasteiger partial charge in [-0.15, -0.1) is 0 Å². The number of rotatable bonds is 2. The topological polar surface area (TPSA) is 46.5 Å². The van der Waals surface area contributed by atoms with Crippen molar-refractivity contribution in [2.45, 2.75) is 84.7 Å². The third kappa shape index (κ3) is 2.91. The van der Waals surface area contributed by atoms with Gasteiger partial charge in [0.2, 0.25) is 0 Å². The van der Waals surface area contributed by atoms with Crippen LogP contribution in [0.3, 0.4) is 0 Å². The van der Waals surface area contributed by atoms with E-state index >= 15 is 0 Å². The maximum Gasteiger partial charge on any atom is 0.308 e.